The van der Waals surface area contributed by atoms with Crippen LogP contribution in [-0.2, 0) is 12.8 Å². The van der Waals surface area contributed by atoms with Crippen molar-refractivity contribution in [2.24, 2.45) is 0 Å². The Hall–Kier alpha value is -1.38. The lowest BCUT2D eigenvalue weighted by molar-refractivity contribution is 0.996. The Balaban J connectivity index is 2.67. The molecule has 3 nitrogen and oxygen atoms in total. The molecule has 0 unspecified atom stereocenters. The molecule has 0 atom stereocenters. The van der Waals surface area contributed by atoms with Crippen molar-refractivity contribution in [2.45, 2.75) is 26.7 Å². The number of H-pyrrole nitrogens is 1. The summed E-state index contributed by atoms with van der Waals surface area (Å²) >= 11 is 0. The Morgan fingerprint density at radius 2 is 2.15 bits per heavy atom. The molecule has 0 aliphatic heterocycles. The average molecular weight is 175 g/mol. The number of fused-ring (bicyclic) bond motifs is 1. The predicted molar refractivity (Wildman–Crippen MR) is 52.6 cm³/mol. The Morgan fingerprint density at radius 1 is 1.31 bits per heavy atom. The molecule has 3 heteroatoms. The Kier molecular flexibility index (Phi) is 2.00. The number of imidazole rings is 1. The van der Waals surface area contributed by atoms with Gasteiger partial charge in [-0.2, -0.15) is 0 Å². The minimum Gasteiger partial charge on any atom is -0.340 e. The number of hydrogen-bond acceptors (Lipinski definition) is 2. The lowest BCUT2D eigenvalue weighted by Crippen LogP contribution is -1.84. The van der Waals surface area contributed by atoms with Gasteiger partial charge in [-0.3, -0.25) is 0 Å². The maximum atomic E-state index is 4.37. The first-order valence-corrected chi connectivity index (χ1v) is 4.67. The SMILES string of the molecule is CCc1nc2nccc(CC)c2[nH]1. The van der Waals surface area contributed by atoms with Crippen molar-refractivity contribution in [2.75, 3.05) is 0 Å². The highest BCUT2D eigenvalue weighted by Gasteiger charge is 2.04. The normalized spacial score (nSPS) is 10.9. The number of nitrogens with one attached hydrogen (secondary N) is 1. The molecule has 0 radical (unpaired) electrons. The molecule has 0 bridgehead atoms. The van der Waals surface area contributed by atoms with E-state index in [1.807, 2.05) is 12.3 Å². The van der Waals surface area contributed by atoms with Crippen molar-refractivity contribution in [3.05, 3.63) is 23.7 Å². The highest BCUT2D eigenvalue weighted by Crippen LogP contribution is 2.14. The summed E-state index contributed by atoms with van der Waals surface area (Å²) < 4.78 is 0. The smallest absolute Gasteiger partial charge is 0.177 e. The van der Waals surface area contributed by atoms with E-state index in [0.717, 1.165) is 29.8 Å². The summed E-state index contributed by atoms with van der Waals surface area (Å²) in [5, 5.41) is 0. The van der Waals surface area contributed by atoms with Crippen LogP contribution in [0.1, 0.15) is 25.2 Å². The number of pyridine rings is 1. The van der Waals surface area contributed by atoms with Crippen LogP contribution in [0, 0.1) is 0 Å². The Bertz CT molecular complexity index is 417. The predicted octanol–water partition coefficient (Wildman–Crippen LogP) is 2.08. The fourth-order valence-corrected chi connectivity index (χ4v) is 1.47. The van der Waals surface area contributed by atoms with Crippen molar-refractivity contribution in [1.29, 1.82) is 0 Å². The first kappa shape index (κ1) is 8.23. The van der Waals surface area contributed by atoms with Crippen molar-refractivity contribution in [1.82, 2.24) is 15.0 Å². The van der Waals surface area contributed by atoms with Gasteiger partial charge >= 0.3 is 0 Å². The molecule has 1 N–H and O–H groups in total. The molecule has 2 aromatic rings. The summed E-state index contributed by atoms with van der Waals surface area (Å²) in [4.78, 5) is 11.9. The molecule has 0 amide bonds. The van der Waals surface area contributed by atoms with Gasteiger partial charge in [0, 0.05) is 12.6 Å². The summed E-state index contributed by atoms with van der Waals surface area (Å²) in [5.74, 6) is 1.02. The molecule has 0 fully saturated rings. The van der Waals surface area contributed by atoms with Gasteiger partial charge in [-0.25, -0.2) is 9.97 Å². The standard InChI is InChI=1S/C10H13N3/c1-3-7-5-6-11-10-9(7)12-8(4-2)13-10/h5-6H,3-4H2,1-2H3,(H,11,12,13). The Morgan fingerprint density at radius 3 is 2.85 bits per heavy atom. The molecule has 0 aliphatic rings. The number of aromatic amines is 1. The van der Waals surface area contributed by atoms with Crippen LogP contribution in [0.5, 0.6) is 0 Å². The zero-order valence-electron chi connectivity index (χ0n) is 7.96. The first-order valence-electron chi connectivity index (χ1n) is 4.67. The summed E-state index contributed by atoms with van der Waals surface area (Å²) in [6, 6.07) is 2.04. The van der Waals surface area contributed by atoms with Gasteiger partial charge in [0.05, 0.1) is 5.52 Å². The molecular formula is C10H13N3. The number of aryl methyl sites for hydroxylation is 2. The minimum absolute atomic E-state index is 0.844. The summed E-state index contributed by atoms with van der Waals surface area (Å²) in [6.07, 6.45) is 3.77. The van der Waals surface area contributed by atoms with Crippen LogP contribution in [0.15, 0.2) is 12.3 Å². The van der Waals surface area contributed by atoms with E-state index in [1.165, 1.54) is 5.56 Å². The lowest BCUT2D eigenvalue weighted by Gasteiger charge is -1.95. The van der Waals surface area contributed by atoms with Crippen LogP contribution in [0.3, 0.4) is 0 Å². The van der Waals surface area contributed by atoms with E-state index < -0.39 is 0 Å². The van der Waals surface area contributed by atoms with E-state index in [0.29, 0.717) is 0 Å². The third-order valence-electron chi connectivity index (χ3n) is 2.24. The zero-order chi connectivity index (χ0) is 9.26. The third-order valence-corrected chi connectivity index (χ3v) is 2.24. The van der Waals surface area contributed by atoms with Gasteiger partial charge in [-0.15, -0.1) is 0 Å². The van der Waals surface area contributed by atoms with Crippen molar-refractivity contribution in [3.8, 4) is 0 Å². The van der Waals surface area contributed by atoms with E-state index in [9.17, 15) is 0 Å². The van der Waals surface area contributed by atoms with Gasteiger partial charge in [0.1, 0.15) is 5.82 Å². The van der Waals surface area contributed by atoms with Gasteiger partial charge in [0.15, 0.2) is 5.65 Å². The van der Waals surface area contributed by atoms with Crippen LogP contribution < -0.4 is 0 Å². The molecule has 68 valence electrons. The summed E-state index contributed by atoms with van der Waals surface area (Å²) in [5.41, 5.74) is 3.23. The van der Waals surface area contributed by atoms with Crippen molar-refractivity contribution >= 4 is 11.2 Å². The van der Waals surface area contributed by atoms with Gasteiger partial charge < -0.3 is 4.98 Å². The lowest BCUT2D eigenvalue weighted by atomic mass is 10.2. The molecule has 2 heterocycles. The fraction of sp³-hybridized carbons (Fsp3) is 0.400. The summed E-state index contributed by atoms with van der Waals surface area (Å²) in [6.45, 7) is 4.23. The van der Waals surface area contributed by atoms with Crippen molar-refractivity contribution < 1.29 is 0 Å². The monoisotopic (exact) mass is 175 g/mol. The largest absolute Gasteiger partial charge is 0.340 e. The minimum atomic E-state index is 0.844. The topological polar surface area (TPSA) is 41.6 Å². The van der Waals surface area contributed by atoms with Crippen LogP contribution in [0.2, 0.25) is 0 Å². The van der Waals surface area contributed by atoms with Crippen LogP contribution in [0.25, 0.3) is 11.2 Å². The van der Waals surface area contributed by atoms with Gasteiger partial charge in [-0.05, 0) is 18.1 Å². The fourth-order valence-electron chi connectivity index (χ4n) is 1.47. The maximum absolute atomic E-state index is 4.37. The van der Waals surface area contributed by atoms with E-state index >= 15 is 0 Å². The quantitative estimate of drug-likeness (QED) is 0.759. The Labute approximate surface area is 77.2 Å². The third kappa shape index (κ3) is 1.30. The molecule has 2 aromatic heterocycles. The van der Waals surface area contributed by atoms with E-state index in [4.69, 9.17) is 0 Å². The number of rotatable bonds is 2. The molecule has 13 heavy (non-hydrogen) atoms. The van der Waals surface area contributed by atoms with Gasteiger partial charge in [-0.1, -0.05) is 13.8 Å². The highest BCUT2D eigenvalue weighted by atomic mass is 15.0. The first-order chi connectivity index (χ1) is 6.35. The van der Waals surface area contributed by atoms with Crippen LogP contribution in [0.4, 0.5) is 0 Å². The van der Waals surface area contributed by atoms with E-state index in [-0.39, 0.29) is 0 Å². The average Bonchev–Trinajstić information content (AvgIpc) is 2.59. The molecule has 0 aliphatic carbocycles. The number of aromatic nitrogens is 3. The molecule has 0 spiro atoms. The van der Waals surface area contributed by atoms with E-state index in [2.05, 4.69) is 28.8 Å². The second-order valence-corrected chi connectivity index (χ2v) is 3.06. The molecule has 0 aromatic carbocycles. The van der Waals surface area contributed by atoms with E-state index in [1.54, 1.807) is 0 Å². The zero-order valence-corrected chi connectivity index (χ0v) is 7.96. The molecule has 0 saturated carbocycles. The second-order valence-electron chi connectivity index (χ2n) is 3.06. The maximum Gasteiger partial charge on any atom is 0.177 e. The number of hydrogen-bond donors (Lipinski definition) is 1. The highest BCUT2D eigenvalue weighted by molar-refractivity contribution is 5.74. The summed E-state index contributed by atoms with van der Waals surface area (Å²) in [7, 11) is 0. The second kappa shape index (κ2) is 3.17. The molecule has 0 saturated heterocycles. The van der Waals surface area contributed by atoms with Crippen LogP contribution in [-0.4, -0.2) is 15.0 Å². The number of nitrogens with zero attached hydrogens (tertiary/aromatic N) is 2. The van der Waals surface area contributed by atoms with Crippen molar-refractivity contribution in [3.63, 3.8) is 0 Å². The molecular weight excluding hydrogens is 162 g/mol. The van der Waals surface area contributed by atoms with Gasteiger partial charge in [0.2, 0.25) is 0 Å². The van der Waals surface area contributed by atoms with Crippen LogP contribution >= 0.6 is 0 Å². The molecule has 2 rings (SSSR count). The van der Waals surface area contributed by atoms with Gasteiger partial charge in [0.25, 0.3) is 0 Å².